The highest BCUT2D eigenvalue weighted by Gasteiger charge is 2.27. The fourth-order valence-corrected chi connectivity index (χ4v) is 4.33. The van der Waals surface area contributed by atoms with E-state index in [0.717, 1.165) is 22.9 Å². The second kappa shape index (κ2) is 11.9. The Bertz CT molecular complexity index is 1670. The highest BCUT2D eigenvalue weighted by atomic mass is 35.5. The molecule has 0 aliphatic rings. The smallest absolute Gasteiger partial charge is 0.335 e. The summed E-state index contributed by atoms with van der Waals surface area (Å²) in [4.78, 5) is 50.3. The van der Waals surface area contributed by atoms with Gasteiger partial charge in [0.25, 0.3) is 5.56 Å². The summed E-state index contributed by atoms with van der Waals surface area (Å²) in [5.74, 6) is -3.38. The van der Waals surface area contributed by atoms with Crippen LogP contribution in [0.1, 0.15) is 39.2 Å². The van der Waals surface area contributed by atoms with E-state index >= 15 is 0 Å². The number of nitrogens with one attached hydrogen (secondary N) is 1. The van der Waals surface area contributed by atoms with Crippen molar-refractivity contribution < 1.29 is 28.6 Å². The number of carboxylic acid groups (broad SMARTS) is 1. The molecular weight excluding hydrogens is 541 g/mol. The van der Waals surface area contributed by atoms with Gasteiger partial charge in [-0.1, -0.05) is 41.9 Å². The van der Waals surface area contributed by atoms with Gasteiger partial charge in [0.15, 0.2) is 5.78 Å². The molecule has 0 aliphatic heterocycles. The van der Waals surface area contributed by atoms with Gasteiger partial charge >= 0.3 is 5.97 Å². The van der Waals surface area contributed by atoms with E-state index in [2.05, 4.69) is 10.4 Å². The first-order valence-corrected chi connectivity index (χ1v) is 12.3. The molecular formula is C29H23ClFN3O6. The highest BCUT2D eigenvalue weighted by Crippen LogP contribution is 2.33. The molecule has 0 unspecified atom stereocenters. The number of carbonyl (C=O) groups excluding carboxylic acids is 2. The number of aromatic carboxylic acids is 1. The van der Waals surface area contributed by atoms with E-state index in [1.807, 2.05) is 0 Å². The van der Waals surface area contributed by atoms with Crippen molar-refractivity contribution in [2.24, 2.45) is 0 Å². The van der Waals surface area contributed by atoms with Crippen LogP contribution in [0.15, 0.2) is 77.6 Å². The van der Waals surface area contributed by atoms with Crippen LogP contribution >= 0.6 is 11.6 Å². The number of anilines is 1. The number of methoxy groups -OCH3 is 1. The van der Waals surface area contributed by atoms with Gasteiger partial charge in [0, 0.05) is 23.1 Å². The summed E-state index contributed by atoms with van der Waals surface area (Å²) < 4.78 is 21.0. The lowest BCUT2D eigenvalue weighted by atomic mass is 9.98. The Labute approximate surface area is 232 Å². The van der Waals surface area contributed by atoms with Gasteiger partial charge in [0.2, 0.25) is 11.8 Å². The zero-order valence-corrected chi connectivity index (χ0v) is 22.1. The lowest BCUT2D eigenvalue weighted by Gasteiger charge is -2.21. The van der Waals surface area contributed by atoms with Crippen LogP contribution in [0.25, 0.3) is 11.1 Å². The number of benzene rings is 3. The molecule has 2 N–H and O–H groups in total. The molecule has 0 saturated carbocycles. The van der Waals surface area contributed by atoms with E-state index < -0.39 is 29.3 Å². The SMILES string of the molecule is COc1nn([C@@H](Cc2ccccc2)C(=O)Nc2ccc(C(=O)O)cc2F)c(=O)cc1-c1cc(Cl)ccc1C(C)=O. The lowest BCUT2D eigenvalue weighted by molar-refractivity contribution is -0.119. The second-order valence-electron chi connectivity index (χ2n) is 8.79. The summed E-state index contributed by atoms with van der Waals surface area (Å²) >= 11 is 6.17. The van der Waals surface area contributed by atoms with E-state index in [1.165, 1.54) is 32.2 Å². The maximum atomic E-state index is 14.6. The molecule has 4 rings (SSSR count). The number of ketones is 1. The standard InChI is InChI=1S/C29H23ClFN3O6/c1-16(35)20-10-9-19(30)14-21(20)22-15-26(36)34(33-28(22)40-2)25(12-17-6-4-3-5-7-17)27(37)32-24-11-8-18(29(38)39)13-23(24)31/h3-11,13-15,25H,12H2,1-2H3,(H,32,37)(H,38,39)/t25-/m0/s1. The Morgan fingerprint density at radius 2 is 1.77 bits per heavy atom. The molecule has 0 bridgehead atoms. The minimum Gasteiger partial charge on any atom is -0.480 e. The third kappa shape index (κ3) is 6.08. The Kier molecular flexibility index (Phi) is 8.40. The van der Waals surface area contributed by atoms with Crippen LogP contribution in [0.4, 0.5) is 10.1 Å². The van der Waals surface area contributed by atoms with Gasteiger partial charge in [-0.3, -0.25) is 14.4 Å². The molecule has 3 aromatic carbocycles. The van der Waals surface area contributed by atoms with Crippen LogP contribution in [0, 0.1) is 5.82 Å². The predicted octanol–water partition coefficient (Wildman–Crippen LogP) is 5.03. The van der Waals surface area contributed by atoms with Gasteiger partial charge < -0.3 is 15.2 Å². The Balaban J connectivity index is 1.81. The quantitative estimate of drug-likeness (QED) is 0.273. The number of amides is 1. The molecule has 1 amide bonds. The summed E-state index contributed by atoms with van der Waals surface area (Å²) in [6, 6.07) is 16.4. The van der Waals surface area contributed by atoms with Crippen molar-refractivity contribution in [1.82, 2.24) is 9.78 Å². The first kappa shape index (κ1) is 28.2. The maximum absolute atomic E-state index is 14.6. The van der Waals surface area contributed by atoms with Crippen molar-refractivity contribution in [3.05, 3.63) is 111 Å². The molecule has 0 radical (unpaired) electrons. The van der Waals surface area contributed by atoms with E-state index in [0.29, 0.717) is 21.7 Å². The van der Waals surface area contributed by atoms with Crippen LogP contribution in [0.5, 0.6) is 5.88 Å². The van der Waals surface area contributed by atoms with Crippen molar-refractivity contribution >= 4 is 34.9 Å². The first-order chi connectivity index (χ1) is 19.1. The van der Waals surface area contributed by atoms with Crippen LogP contribution in [0.2, 0.25) is 5.02 Å². The maximum Gasteiger partial charge on any atom is 0.335 e. The molecule has 1 aromatic heterocycles. The summed E-state index contributed by atoms with van der Waals surface area (Å²) in [6.45, 7) is 1.37. The Hall–Kier alpha value is -4.83. The molecule has 0 saturated heterocycles. The van der Waals surface area contributed by atoms with Gasteiger partial charge in [-0.2, -0.15) is 0 Å². The molecule has 9 nitrogen and oxygen atoms in total. The summed E-state index contributed by atoms with van der Waals surface area (Å²) in [7, 11) is 1.32. The number of halogens is 2. The van der Waals surface area contributed by atoms with Crippen molar-refractivity contribution in [3.8, 4) is 17.0 Å². The summed E-state index contributed by atoms with van der Waals surface area (Å²) in [5.41, 5.74) is 0.262. The fourth-order valence-electron chi connectivity index (χ4n) is 4.16. The molecule has 1 atom stereocenters. The van der Waals surface area contributed by atoms with Gasteiger partial charge in [-0.15, -0.1) is 5.10 Å². The van der Waals surface area contributed by atoms with E-state index in [4.69, 9.17) is 21.4 Å². The molecule has 11 heteroatoms. The molecule has 0 fully saturated rings. The number of ether oxygens (including phenoxy) is 1. The van der Waals surface area contributed by atoms with Gasteiger partial charge in [0.1, 0.15) is 11.9 Å². The topological polar surface area (TPSA) is 128 Å². The largest absolute Gasteiger partial charge is 0.480 e. The third-order valence-corrected chi connectivity index (χ3v) is 6.35. The number of hydrogen-bond acceptors (Lipinski definition) is 6. The first-order valence-electron chi connectivity index (χ1n) is 12.0. The van der Waals surface area contributed by atoms with Crippen LogP contribution < -0.4 is 15.6 Å². The van der Waals surface area contributed by atoms with Crippen molar-refractivity contribution in [2.45, 2.75) is 19.4 Å². The average Bonchev–Trinajstić information content (AvgIpc) is 2.93. The zero-order valence-electron chi connectivity index (χ0n) is 21.4. The molecule has 0 spiro atoms. The van der Waals surface area contributed by atoms with Crippen LogP contribution in [0.3, 0.4) is 0 Å². The van der Waals surface area contributed by atoms with E-state index in [-0.39, 0.29) is 34.9 Å². The van der Waals surface area contributed by atoms with E-state index in [9.17, 15) is 23.6 Å². The van der Waals surface area contributed by atoms with Crippen molar-refractivity contribution in [1.29, 1.82) is 0 Å². The molecule has 40 heavy (non-hydrogen) atoms. The van der Waals surface area contributed by atoms with Crippen molar-refractivity contribution in [3.63, 3.8) is 0 Å². The zero-order chi connectivity index (χ0) is 29.0. The van der Waals surface area contributed by atoms with Gasteiger partial charge in [-0.05, 0) is 54.4 Å². The molecule has 0 aliphatic carbocycles. The second-order valence-corrected chi connectivity index (χ2v) is 9.23. The monoisotopic (exact) mass is 563 g/mol. The number of hydrogen-bond donors (Lipinski definition) is 2. The predicted molar refractivity (Wildman–Crippen MR) is 147 cm³/mol. The number of nitrogens with zero attached hydrogens (tertiary/aromatic N) is 2. The molecule has 1 heterocycles. The Morgan fingerprint density at radius 1 is 1.05 bits per heavy atom. The van der Waals surface area contributed by atoms with Crippen LogP contribution in [-0.4, -0.2) is 39.7 Å². The average molecular weight is 564 g/mol. The summed E-state index contributed by atoms with van der Waals surface area (Å²) in [5, 5.41) is 16.2. The fraction of sp³-hybridized carbons (Fsp3) is 0.138. The van der Waals surface area contributed by atoms with E-state index in [1.54, 1.807) is 36.4 Å². The molecule has 204 valence electrons. The van der Waals surface area contributed by atoms with Crippen molar-refractivity contribution in [2.75, 3.05) is 12.4 Å². The lowest BCUT2D eigenvalue weighted by Crippen LogP contribution is -2.36. The number of carbonyl (C=O) groups is 3. The third-order valence-electron chi connectivity index (χ3n) is 6.11. The normalized spacial score (nSPS) is 11.5. The number of Topliss-reactive ketones (excluding diaryl/α,β-unsaturated/α-hetero) is 1. The minimum atomic E-state index is -1.32. The summed E-state index contributed by atoms with van der Waals surface area (Å²) in [6.07, 6.45) is 0.00672. The number of carboxylic acids is 1. The minimum absolute atomic E-state index is 0.00672. The highest BCUT2D eigenvalue weighted by molar-refractivity contribution is 6.31. The van der Waals surface area contributed by atoms with Gasteiger partial charge in [0.05, 0.1) is 23.9 Å². The molecule has 4 aromatic rings. The number of aromatic nitrogens is 2. The Morgan fingerprint density at radius 3 is 2.40 bits per heavy atom. The van der Waals surface area contributed by atoms with Crippen LogP contribution in [-0.2, 0) is 11.2 Å². The van der Waals surface area contributed by atoms with Gasteiger partial charge in [-0.25, -0.2) is 13.9 Å². The number of rotatable bonds is 9.